The molecule has 3 N–H and O–H groups in total. The van der Waals surface area contributed by atoms with Crippen LogP contribution in [0.3, 0.4) is 0 Å². The number of carboxylic acids is 1. The molecule has 0 unspecified atom stereocenters. The molecule has 1 saturated heterocycles. The van der Waals surface area contributed by atoms with Gasteiger partial charge in [-0.25, -0.2) is 13.2 Å². The summed E-state index contributed by atoms with van der Waals surface area (Å²) in [5.74, 6) is -0.114. The van der Waals surface area contributed by atoms with Crippen LogP contribution < -0.4 is 19.7 Å². The van der Waals surface area contributed by atoms with E-state index in [1.54, 1.807) is 48.5 Å². The highest BCUT2D eigenvalue weighted by atomic mass is 32.2. The van der Waals surface area contributed by atoms with Crippen molar-refractivity contribution >= 4 is 33.4 Å². The Hall–Kier alpha value is -4.10. The van der Waals surface area contributed by atoms with Crippen molar-refractivity contribution in [3.63, 3.8) is 0 Å². The molecule has 0 atom stereocenters. The number of piperazine rings is 1. The van der Waals surface area contributed by atoms with E-state index in [2.05, 4.69) is 15.5 Å². The molecule has 1 amide bonds. The number of sulfonamides is 1. The van der Waals surface area contributed by atoms with Gasteiger partial charge in [0.25, 0.3) is 5.91 Å². The Morgan fingerprint density at radius 3 is 2.41 bits per heavy atom. The van der Waals surface area contributed by atoms with E-state index >= 15 is 0 Å². The molecule has 0 bridgehead atoms. The van der Waals surface area contributed by atoms with E-state index in [0.29, 0.717) is 36.3 Å². The fourth-order valence-corrected chi connectivity index (χ4v) is 6.06. The van der Waals surface area contributed by atoms with Crippen molar-refractivity contribution in [2.24, 2.45) is 0 Å². The average molecular weight is 584 g/mol. The maximum atomic E-state index is 13.2. The Bertz CT molecular complexity index is 1510. The first-order valence-corrected chi connectivity index (χ1v) is 14.9. The Morgan fingerprint density at radius 2 is 1.78 bits per heavy atom. The molecule has 2 fully saturated rings. The second kappa shape index (κ2) is 11.8. The molecule has 3 aromatic rings. The first kappa shape index (κ1) is 28.4. The number of carbonyl (C=O) groups is 2. The lowest BCUT2D eigenvalue weighted by molar-refractivity contribution is -0.139. The molecule has 41 heavy (non-hydrogen) atoms. The monoisotopic (exact) mass is 583 g/mol. The zero-order chi connectivity index (χ0) is 29.1. The third-order valence-electron chi connectivity index (χ3n) is 6.85. The minimum absolute atomic E-state index is 0.0136. The van der Waals surface area contributed by atoms with Crippen molar-refractivity contribution in [3.05, 3.63) is 59.8 Å². The number of nitrogens with zero attached hydrogens (tertiary/aromatic N) is 3. The van der Waals surface area contributed by atoms with Crippen LogP contribution in [0.4, 0.5) is 11.5 Å². The van der Waals surface area contributed by atoms with E-state index in [1.807, 2.05) is 18.7 Å². The quantitative estimate of drug-likeness (QED) is 0.308. The second-order valence-corrected chi connectivity index (χ2v) is 12.3. The average Bonchev–Trinajstić information content (AvgIpc) is 3.70. The van der Waals surface area contributed by atoms with Gasteiger partial charge < -0.3 is 24.8 Å². The number of amides is 1. The number of H-pyrrole nitrogens is 1. The van der Waals surface area contributed by atoms with Crippen LogP contribution in [0, 0.1) is 0 Å². The number of aromatic nitrogens is 2. The van der Waals surface area contributed by atoms with Crippen molar-refractivity contribution in [2.75, 3.05) is 43.0 Å². The SMILES string of the molecule is CC(C)Oc1ccc(S(=O)(=O)N2CCN(c3ccc(C(=O)Nc4cc(C5CC5)[nH]n4)c(OCC(=O)O)c3)CC2)cc1. The van der Waals surface area contributed by atoms with Crippen LogP contribution in [-0.4, -0.2) is 78.8 Å². The van der Waals surface area contributed by atoms with Gasteiger partial charge in [0.2, 0.25) is 10.0 Å². The van der Waals surface area contributed by atoms with Gasteiger partial charge in [0.15, 0.2) is 12.4 Å². The number of hydrogen-bond donors (Lipinski definition) is 3. The van der Waals surface area contributed by atoms with Crippen molar-refractivity contribution in [1.29, 1.82) is 0 Å². The summed E-state index contributed by atoms with van der Waals surface area (Å²) < 4.78 is 39.0. The third-order valence-corrected chi connectivity index (χ3v) is 8.77. The van der Waals surface area contributed by atoms with Gasteiger partial charge in [-0.3, -0.25) is 9.89 Å². The summed E-state index contributed by atoms with van der Waals surface area (Å²) in [4.78, 5) is 26.4. The summed E-state index contributed by atoms with van der Waals surface area (Å²) in [5, 5.41) is 19.0. The minimum atomic E-state index is -3.69. The number of anilines is 2. The van der Waals surface area contributed by atoms with Crippen molar-refractivity contribution < 1.29 is 32.6 Å². The van der Waals surface area contributed by atoms with Gasteiger partial charge in [0.1, 0.15) is 11.5 Å². The number of benzene rings is 2. The lowest BCUT2D eigenvalue weighted by atomic mass is 10.1. The molecule has 1 saturated carbocycles. The lowest BCUT2D eigenvalue weighted by Crippen LogP contribution is -2.48. The van der Waals surface area contributed by atoms with Crippen LogP contribution in [0.1, 0.15) is 48.7 Å². The molecule has 5 rings (SSSR count). The lowest BCUT2D eigenvalue weighted by Gasteiger charge is -2.35. The number of nitrogens with one attached hydrogen (secondary N) is 2. The van der Waals surface area contributed by atoms with E-state index in [1.165, 1.54) is 4.31 Å². The number of carboxylic acid groups (broad SMARTS) is 1. The summed E-state index contributed by atoms with van der Waals surface area (Å²) in [6.45, 7) is 4.48. The number of rotatable bonds is 11. The van der Waals surface area contributed by atoms with Crippen LogP contribution >= 0.6 is 0 Å². The summed E-state index contributed by atoms with van der Waals surface area (Å²) in [7, 11) is -3.69. The summed E-state index contributed by atoms with van der Waals surface area (Å²) in [6, 6.07) is 13.1. The van der Waals surface area contributed by atoms with Gasteiger partial charge in [0.05, 0.1) is 16.6 Å². The first-order valence-electron chi connectivity index (χ1n) is 13.5. The Balaban J connectivity index is 1.27. The van der Waals surface area contributed by atoms with Gasteiger partial charge in [-0.2, -0.15) is 9.40 Å². The molecule has 1 aromatic heterocycles. The van der Waals surface area contributed by atoms with E-state index < -0.39 is 28.5 Å². The highest BCUT2D eigenvalue weighted by Crippen LogP contribution is 2.39. The van der Waals surface area contributed by atoms with Crippen LogP contribution in [0.2, 0.25) is 0 Å². The van der Waals surface area contributed by atoms with E-state index in [0.717, 1.165) is 18.5 Å². The topological polar surface area (TPSA) is 154 Å². The largest absolute Gasteiger partial charge is 0.491 e. The molecule has 12 nitrogen and oxygen atoms in total. The molecular formula is C28H33N5O7S. The molecule has 2 heterocycles. The summed E-state index contributed by atoms with van der Waals surface area (Å²) in [5.41, 5.74) is 1.82. The number of ether oxygens (including phenoxy) is 2. The number of aromatic amines is 1. The predicted octanol–water partition coefficient (Wildman–Crippen LogP) is 3.30. The van der Waals surface area contributed by atoms with Crippen LogP contribution in [0.5, 0.6) is 11.5 Å². The zero-order valence-electron chi connectivity index (χ0n) is 22.9. The molecule has 13 heteroatoms. The van der Waals surface area contributed by atoms with Crippen LogP contribution in [0.15, 0.2) is 53.4 Å². The number of aliphatic carboxylic acids is 1. The fraction of sp³-hybridized carbons (Fsp3) is 0.393. The molecule has 218 valence electrons. The smallest absolute Gasteiger partial charge is 0.341 e. The van der Waals surface area contributed by atoms with Gasteiger partial charge in [0, 0.05) is 55.6 Å². The molecule has 2 aromatic carbocycles. The highest BCUT2D eigenvalue weighted by Gasteiger charge is 2.30. The molecular weight excluding hydrogens is 550 g/mol. The fourth-order valence-electron chi connectivity index (χ4n) is 4.64. The predicted molar refractivity (Wildman–Crippen MR) is 151 cm³/mol. The van der Waals surface area contributed by atoms with E-state index in [9.17, 15) is 18.0 Å². The summed E-state index contributed by atoms with van der Waals surface area (Å²) >= 11 is 0. The molecule has 2 aliphatic rings. The van der Waals surface area contributed by atoms with Crippen LogP contribution in [0.25, 0.3) is 0 Å². The van der Waals surface area contributed by atoms with E-state index in [-0.39, 0.29) is 35.4 Å². The normalized spacial score (nSPS) is 16.0. The minimum Gasteiger partial charge on any atom is -0.491 e. The van der Waals surface area contributed by atoms with Gasteiger partial charge >= 0.3 is 5.97 Å². The molecule has 0 spiro atoms. The Morgan fingerprint density at radius 1 is 1.07 bits per heavy atom. The van der Waals surface area contributed by atoms with Crippen molar-refractivity contribution in [3.8, 4) is 11.5 Å². The molecule has 1 aliphatic heterocycles. The van der Waals surface area contributed by atoms with Crippen molar-refractivity contribution in [1.82, 2.24) is 14.5 Å². The maximum absolute atomic E-state index is 13.2. The first-order chi connectivity index (χ1) is 19.6. The van der Waals surface area contributed by atoms with Gasteiger partial charge in [-0.1, -0.05) is 0 Å². The third kappa shape index (κ3) is 6.80. The van der Waals surface area contributed by atoms with Gasteiger partial charge in [-0.05, 0) is 63.1 Å². The highest BCUT2D eigenvalue weighted by molar-refractivity contribution is 7.89. The zero-order valence-corrected chi connectivity index (χ0v) is 23.7. The number of hydrogen-bond acceptors (Lipinski definition) is 8. The number of carbonyl (C=O) groups excluding carboxylic acids is 1. The van der Waals surface area contributed by atoms with E-state index in [4.69, 9.17) is 14.6 Å². The molecule has 1 aliphatic carbocycles. The Kier molecular flexibility index (Phi) is 8.18. The molecule has 0 radical (unpaired) electrons. The standard InChI is InChI=1S/C28H33N5O7S/c1-18(2)40-21-6-8-22(9-7-21)41(37,38)33-13-11-32(12-14-33)20-5-10-23(25(15-20)39-17-27(34)35)28(36)29-26-16-24(30-31-26)19-3-4-19/h5-10,15-16,18-19H,3-4,11-14,17H2,1-2H3,(H,34,35)(H2,29,30,31,36). The van der Waals surface area contributed by atoms with Crippen LogP contribution in [-0.2, 0) is 14.8 Å². The van der Waals surface area contributed by atoms with Gasteiger partial charge in [-0.15, -0.1) is 0 Å². The van der Waals surface area contributed by atoms with Crippen molar-refractivity contribution in [2.45, 2.75) is 43.6 Å². The Labute approximate surface area is 238 Å². The second-order valence-electron chi connectivity index (χ2n) is 10.3. The maximum Gasteiger partial charge on any atom is 0.341 e. The summed E-state index contributed by atoms with van der Waals surface area (Å²) in [6.07, 6.45) is 2.16.